The Kier molecular flexibility index (Phi) is 7.41. The van der Waals surface area contributed by atoms with Gasteiger partial charge in [-0.2, -0.15) is 0 Å². The van der Waals surface area contributed by atoms with Crippen LogP contribution in [0, 0.1) is 5.92 Å². The van der Waals surface area contributed by atoms with Crippen molar-refractivity contribution in [3.8, 4) is 0 Å². The molecule has 1 aromatic heterocycles. The molecule has 0 aliphatic carbocycles. The Morgan fingerprint density at radius 1 is 1.11 bits per heavy atom. The quantitative estimate of drug-likeness (QED) is 0.629. The highest BCUT2D eigenvalue weighted by Gasteiger charge is 2.03. The molecule has 0 aliphatic heterocycles. The minimum Gasteiger partial charge on any atom is -0.407 e. The van der Waals surface area contributed by atoms with Crippen LogP contribution in [0.1, 0.15) is 51.8 Å². The molecule has 0 spiro atoms. The average molecular weight is 254 g/mol. The maximum absolute atomic E-state index is 5.39. The minimum absolute atomic E-state index is 0.530. The zero-order valence-electron chi connectivity index (χ0n) is 11.8. The van der Waals surface area contributed by atoms with E-state index in [9.17, 15) is 0 Å². The Bertz CT molecular complexity index is 312. The van der Waals surface area contributed by atoms with Crippen LogP contribution in [0.2, 0.25) is 0 Å². The molecule has 1 heterocycles. The summed E-state index contributed by atoms with van der Waals surface area (Å²) in [6, 6.07) is 0.530. The molecule has 0 aliphatic rings. The second-order valence-electron chi connectivity index (χ2n) is 5.05. The molecule has 0 bridgehead atoms. The van der Waals surface area contributed by atoms with Crippen molar-refractivity contribution in [3.05, 3.63) is 5.89 Å². The molecular weight excluding hydrogens is 228 g/mol. The molecule has 5 nitrogen and oxygen atoms in total. The Labute approximate surface area is 110 Å². The van der Waals surface area contributed by atoms with Crippen molar-refractivity contribution in [1.82, 2.24) is 15.5 Å². The van der Waals surface area contributed by atoms with Crippen molar-refractivity contribution in [2.75, 3.05) is 18.9 Å². The first-order valence-corrected chi connectivity index (χ1v) is 6.93. The summed E-state index contributed by atoms with van der Waals surface area (Å²) in [5.41, 5.74) is 0. The lowest BCUT2D eigenvalue weighted by Gasteiger charge is -2.04. The van der Waals surface area contributed by atoms with Crippen LogP contribution >= 0.6 is 0 Å². The van der Waals surface area contributed by atoms with Crippen LogP contribution in [0.25, 0.3) is 0 Å². The summed E-state index contributed by atoms with van der Waals surface area (Å²) in [7, 11) is 1.86. The van der Waals surface area contributed by atoms with Crippen LogP contribution < -0.4 is 10.6 Å². The van der Waals surface area contributed by atoms with Crippen LogP contribution in [-0.2, 0) is 6.54 Å². The highest BCUT2D eigenvalue weighted by molar-refractivity contribution is 5.16. The van der Waals surface area contributed by atoms with Gasteiger partial charge in [-0.1, -0.05) is 44.6 Å². The Balaban J connectivity index is 2.00. The van der Waals surface area contributed by atoms with Crippen molar-refractivity contribution in [2.45, 2.75) is 52.5 Å². The van der Waals surface area contributed by atoms with Crippen LogP contribution in [0.3, 0.4) is 0 Å². The van der Waals surface area contributed by atoms with Gasteiger partial charge in [0.05, 0.1) is 6.54 Å². The lowest BCUT2D eigenvalue weighted by molar-refractivity contribution is 0.487. The summed E-state index contributed by atoms with van der Waals surface area (Å²) < 4.78 is 5.39. The summed E-state index contributed by atoms with van der Waals surface area (Å²) in [5, 5.41) is 14.0. The van der Waals surface area contributed by atoms with E-state index in [1.165, 1.54) is 25.7 Å². The van der Waals surface area contributed by atoms with Gasteiger partial charge in [0.1, 0.15) is 0 Å². The number of hydrogen-bond acceptors (Lipinski definition) is 5. The number of unbranched alkanes of at least 4 members (excludes halogenated alkanes) is 3. The third kappa shape index (κ3) is 6.59. The number of nitrogens with one attached hydrogen (secondary N) is 2. The molecule has 1 rings (SSSR count). The van der Waals surface area contributed by atoms with Crippen molar-refractivity contribution in [1.29, 1.82) is 0 Å². The van der Waals surface area contributed by atoms with Crippen molar-refractivity contribution >= 4 is 6.01 Å². The molecule has 0 atom stereocenters. The largest absolute Gasteiger partial charge is 0.407 e. The Hall–Kier alpha value is -1.10. The van der Waals surface area contributed by atoms with E-state index < -0.39 is 0 Å². The predicted octanol–water partition coefficient (Wildman–Crippen LogP) is 2.81. The number of aromatic nitrogens is 2. The van der Waals surface area contributed by atoms with Gasteiger partial charge in [-0.25, -0.2) is 0 Å². The smallest absolute Gasteiger partial charge is 0.315 e. The Morgan fingerprint density at radius 3 is 2.61 bits per heavy atom. The number of hydrogen-bond donors (Lipinski definition) is 2. The Morgan fingerprint density at radius 2 is 1.89 bits per heavy atom. The molecule has 0 saturated heterocycles. The predicted molar refractivity (Wildman–Crippen MR) is 73.5 cm³/mol. The highest BCUT2D eigenvalue weighted by atomic mass is 16.4. The molecule has 0 amide bonds. The molecule has 104 valence electrons. The first-order valence-electron chi connectivity index (χ1n) is 6.93. The second-order valence-corrected chi connectivity index (χ2v) is 5.05. The van der Waals surface area contributed by atoms with Crippen molar-refractivity contribution in [2.24, 2.45) is 5.92 Å². The van der Waals surface area contributed by atoms with Gasteiger partial charge in [-0.3, -0.25) is 0 Å². The van der Waals surface area contributed by atoms with Crippen molar-refractivity contribution < 1.29 is 4.42 Å². The highest BCUT2D eigenvalue weighted by Crippen LogP contribution is 2.10. The van der Waals surface area contributed by atoms with E-state index in [4.69, 9.17) is 4.42 Å². The summed E-state index contributed by atoms with van der Waals surface area (Å²) in [6.45, 7) is 6.08. The monoisotopic (exact) mass is 254 g/mol. The van der Waals surface area contributed by atoms with E-state index in [2.05, 4.69) is 34.7 Å². The maximum atomic E-state index is 5.39. The van der Waals surface area contributed by atoms with E-state index in [0.717, 1.165) is 18.9 Å². The minimum atomic E-state index is 0.530. The van der Waals surface area contributed by atoms with Gasteiger partial charge in [0.2, 0.25) is 5.89 Å². The van der Waals surface area contributed by atoms with Crippen LogP contribution in [0.5, 0.6) is 0 Å². The van der Waals surface area contributed by atoms with Gasteiger partial charge in [-0.05, 0) is 19.4 Å². The van der Waals surface area contributed by atoms with Gasteiger partial charge in [0.25, 0.3) is 0 Å². The SMILES string of the molecule is CNCc1nnc(NCCCCCCC(C)C)o1. The van der Waals surface area contributed by atoms with E-state index in [0.29, 0.717) is 18.5 Å². The standard InChI is InChI=1S/C13H26N4O/c1-11(2)8-6-4-5-7-9-15-13-17-16-12(18-13)10-14-3/h11,14H,4-10H2,1-3H3,(H,15,17). The van der Waals surface area contributed by atoms with Gasteiger partial charge < -0.3 is 15.1 Å². The van der Waals surface area contributed by atoms with Gasteiger partial charge in [0, 0.05) is 6.54 Å². The number of nitrogens with zero attached hydrogens (tertiary/aromatic N) is 2. The fraction of sp³-hybridized carbons (Fsp3) is 0.846. The zero-order valence-corrected chi connectivity index (χ0v) is 11.8. The molecule has 18 heavy (non-hydrogen) atoms. The molecule has 0 unspecified atom stereocenters. The molecule has 1 aromatic rings. The molecular formula is C13H26N4O. The van der Waals surface area contributed by atoms with Gasteiger partial charge in [0.15, 0.2) is 0 Å². The summed E-state index contributed by atoms with van der Waals surface area (Å²) >= 11 is 0. The van der Waals surface area contributed by atoms with E-state index in [-0.39, 0.29) is 0 Å². The van der Waals surface area contributed by atoms with Crippen LogP contribution in [0.15, 0.2) is 4.42 Å². The van der Waals surface area contributed by atoms with E-state index in [1.54, 1.807) is 0 Å². The molecule has 0 aromatic carbocycles. The van der Waals surface area contributed by atoms with E-state index >= 15 is 0 Å². The zero-order chi connectivity index (χ0) is 13.2. The van der Waals surface area contributed by atoms with Crippen LogP contribution in [-0.4, -0.2) is 23.8 Å². The molecule has 2 N–H and O–H groups in total. The normalized spacial score (nSPS) is 11.1. The van der Waals surface area contributed by atoms with Gasteiger partial charge in [-0.15, -0.1) is 5.10 Å². The van der Waals surface area contributed by atoms with Gasteiger partial charge >= 0.3 is 6.01 Å². The lowest BCUT2D eigenvalue weighted by atomic mass is 10.0. The molecule has 0 saturated carbocycles. The van der Waals surface area contributed by atoms with Crippen LogP contribution in [0.4, 0.5) is 6.01 Å². The lowest BCUT2D eigenvalue weighted by Crippen LogP contribution is -2.05. The average Bonchev–Trinajstić information content (AvgIpc) is 2.76. The first kappa shape index (κ1) is 15.0. The topological polar surface area (TPSA) is 63.0 Å². The maximum Gasteiger partial charge on any atom is 0.315 e. The summed E-state index contributed by atoms with van der Waals surface area (Å²) in [4.78, 5) is 0. The summed E-state index contributed by atoms with van der Waals surface area (Å²) in [5.74, 6) is 1.45. The third-order valence-corrected chi connectivity index (χ3v) is 2.78. The number of rotatable bonds is 10. The second kappa shape index (κ2) is 8.91. The molecule has 0 fully saturated rings. The fourth-order valence-corrected chi connectivity index (χ4v) is 1.77. The first-order chi connectivity index (χ1) is 8.72. The van der Waals surface area contributed by atoms with Crippen molar-refractivity contribution in [3.63, 3.8) is 0 Å². The van der Waals surface area contributed by atoms with E-state index in [1.807, 2.05) is 7.05 Å². The summed E-state index contributed by atoms with van der Waals surface area (Å²) in [6.07, 6.45) is 6.41. The fourth-order valence-electron chi connectivity index (χ4n) is 1.77. The third-order valence-electron chi connectivity index (χ3n) is 2.78. The number of anilines is 1. The molecule has 0 radical (unpaired) electrons. The molecule has 5 heteroatoms.